The predicted octanol–water partition coefficient (Wildman–Crippen LogP) is 2.83. The molecule has 2 bridgehead atoms. The lowest BCUT2D eigenvalue weighted by molar-refractivity contribution is -0.154. The molecule has 2 saturated carbocycles. The number of hydrogen-bond acceptors (Lipinski definition) is 7. The quantitative estimate of drug-likeness (QED) is 0.403. The van der Waals surface area contributed by atoms with Crippen molar-refractivity contribution in [3.05, 3.63) is 65.7 Å². The highest BCUT2D eigenvalue weighted by Gasteiger charge is 2.64. The Morgan fingerprint density at radius 1 is 0.935 bits per heavy atom. The van der Waals surface area contributed by atoms with Gasteiger partial charge < -0.3 is 14.2 Å². The summed E-state index contributed by atoms with van der Waals surface area (Å²) in [6.07, 6.45) is 1.45. The lowest BCUT2D eigenvalue weighted by Gasteiger charge is -2.22. The second kappa shape index (κ2) is 7.65. The molecular weight excluding hydrogens is 400 g/mol. The zero-order valence-corrected chi connectivity index (χ0v) is 16.6. The first kappa shape index (κ1) is 19.5. The molecule has 0 N–H and O–H groups in total. The van der Waals surface area contributed by atoms with E-state index in [0.717, 1.165) is 6.42 Å². The summed E-state index contributed by atoms with van der Waals surface area (Å²) in [6, 6.07) is 14.6. The fourth-order valence-corrected chi connectivity index (χ4v) is 5.09. The molecule has 7 nitrogen and oxygen atoms in total. The van der Waals surface area contributed by atoms with Gasteiger partial charge in [0.05, 0.1) is 17.4 Å². The number of carbonyl (C=O) groups excluding carboxylic acids is 4. The third-order valence-corrected chi connectivity index (χ3v) is 6.50. The molecule has 0 unspecified atom stereocenters. The van der Waals surface area contributed by atoms with Crippen molar-refractivity contribution in [2.24, 2.45) is 23.7 Å². The number of Topliss-reactive ketones (excluding diaryl/α,β-unsaturated/α-hetero) is 1. The van der Waals surface area contributed by atoms with Crippen LogP contribution in [0, 0.1) is 23.7 Å². The topological polar surface area (TPSA) is 96.0 Å². The van der Waals surface area contributed by atoms with Crippen LogP contribution in [0.25, 0.3) is 0 Å². The number of esters is 3. The zero-order chi connectivity index (χ0) is 21.5. The Bertz CT molecular complexity index is 1040. The smallest absolute Gasteiger partial charge is 0.343 e. The summed E-state index contributed by atoms with van der Waals surface area (Å²) in [5.74, 6) is -2.12. The van der Waals surface area contributed by atoms with Gasteiger partial charge in [-0.15, -0.1) is 0 Å². The first-order chi connectivity index (χ1) is 15.0. The van der Waals surface area contributed by atoms with Crippen LogP contribution in [0.5, 0.6) is 5.75 Å². The fourth-order valence-electron chi connectivity index (χ4n) is 5.09. The summed E-state index contributed by atoms with van der Waals surface area (Å²) in [7, 11) is 0. The molecular formula is C24H20O7. The van der Waals surface area contributed by atoms with Gasteiger partial charge in [-0.05, 0) is 55.2 Å². The molecule has 5 rings (SSSR count). The second-order valence-electron chi connectivity index (χ2n) is 8.23. The largest absolute Gasteiger partial charge is 0.462 e. The monoisotopic (exact) mass is 420 g/mol. The molecule has 0 aromatic heterocycles. The SMILES string of the molecule is O=C(COC(=O)[C@@H]1[C@@H]2C[C@@H]3[C@@H]1C(=O)O[C@H]3C2)c1ccc(OC(=O)c2ccccc2)cc1. The van der Waals surface area contributed by atoms with Crippen molar-refractivity contribution in [2.75, 3.05) is 6.61 Å². The van der Waals surface area contributed by atoms with Crippen molar-refractivity contribution in [3.8, 4) is 5.75 Å². The standard InChI is InChI=1S/C24H20O7/c25-18(12-29-23(27)20-15-10-17-19(11-15)31-24(28)21(17)20)13-6-8-16(9-7-13)30-22(26)14-4-2-1-3-5-14/h1-9,15,17,19-21H,10-12H2/t15-,17+,19+,20-,21+/m1/s1. The lowest BCUT2D eigenvalue weighted by Crippen LogP contribution is -2.34. The summed E-state index contributed by atoms with van der Waals surface area (Å²) in [5, 5.41) is 0. The van der Waals surface area contributed by atoms with Gasteiger partial charge in [0.2, 0.25) is 0 Å². The summed E-state index contributed by atoms with van der Waals surface area (Å²) in [6.45, 7) is -0.402. The number of ether oxygens (including phenoxy) is 3. The molecule has 0 radical (unpaired) electrons. The van der Waals surface area contributed by atoms with Gasteiger partial charge in [0.25, 0.3) is 0 Å². The second-order valence-corrected chi connectivity index (χ2v) is 8.23. The molecule has 2 aliphatic carbocycles. The Morgan fingerprint density at radius 3 is 2.42 bits per heavy atom. The van der Waals surface area contributed by atoms with Crippen molar-refractivity contribution in [2.45, 2.75) is 18.9 Å². The van der Waals surface area contributed by atoms with E-state index in [4.69, 9.17) is 14.2 Å². The van der Waals surface area contributed by atoms with Crippen molar-refractivity contribution in [1.29, 1.82) is 0 Å². The molecule has 1 aliphatic heterocycles. The summed E-state index contributed by atoms with van der Waals surface area (Å²) < 4.78 is 15.9. The molecule has 158 valence electrons. The van der Waals surface area contributed by atoms with E-state index in [9.17, 15) is 19.2 Å². The predicted molar refractivity (Wildman–Crippen MR) is 106 cm³/mol. The van der Waals surface area contributed by atoms with E-state index in [1.807, 2.05) is 0 Å². The molecule has 0 spiro atoms. The van der Waals surface area contributed by atoms with Crippen LogP contribution in [0.4, 0.5) is 0 Å². The third-order valence-electron chi connectivity index (χ3n) is 6.50. The van der Waals surface area contributed by atoms with Crippen LogP contribution in [0.1, 0.15) is 33.6 Å². The van der Waals surface area contributed by atoms with Gasteiger partial charge >= 0.3 is 17.9 Å². The van der Waals surface area contributed by atoms with Gasteiger partial charge in [-0.3, -0.25) is 14.4 Å². The van der Waals surface area contributed by atoms with Crippen molar-refractivity contribution < 1.29 is 33.4 Å². The molecule has 3 aliphatic rings. The van der Waals surface area contributed by atoms with Gasteiger partial charge in [-0.2, -0.15) is 0 Å². The number of benzene rings is 2. The average Bonchev–Trinajstić information content (AvgIpc) is 3.41. The molecule has 2 aromatic carbocycles. The van der Waals surface area contributed by atoms with E-state index in [2.05, 4.69) is 0 Å². The number of fused-ring (bicyclic) bond motifs is 1. The maximum Gasteiger partial charge on any atom is 0.343 e. The molecule has 5 atom stereocenters. The van der Waals surface area contributed by atoms with E-state index in [1.54, 1.807) is 30.3 Å². The third kappa shape index (κ3) is 3.50. The van der Waals surface area contributed by atoms with E-state index in [-0.39, 0.29) is 29.7 Å². The normalized spacial score (nSPS) is 27.6. The van der Waals surface area contributed by atoms with Crippen molar-refractivity contribution in [1.82, 2.24) is 0 Å². The Kier molecular flexibility index (Phi) is 4.81. The molecule has 0 amide bonds. The van der Waals surface area contributed by atoms with Crippen molar-refractivity contribution in [3.63, 3.8) is 0 Å². The van der Waals surface area contributed by atoms with Gasteiger partial charge in [0.1, 0.15) is 11.9 Å². The number of carbonyl (C=O) groups is 4. The van der Waals surface area contributed by atoms with Gasteiger partial charge in [-0.25, -0.2) is 4.79 Å². The van der Waals surface area contributed by atoms with Gasteiger partial charge in [0, 0.05) is 11.5 Å². The molecule has 1 heterocycles. The molecule has 31 heavy (non-hydrogen) atoms. The van der Waals surface area contributed by atoms with E-state index < -0.39 is 30.4 Å². The number of ketones is 1. The fraction of sp³-hybridized carbons (Fsp3) is 0.333. The van der Waals surface area contributed by atoms with Crippen LogP contribution in [-0.2, 0) is 19.1 Å². The Labute approximate surface area is 178 Å². The van der Waals surface area contributed by atoms with Gasteiger partial charge in [0.15, 0.2) is 12.4 Å². The average molecular weight is 420 g/mol. The minimum absolute atomic E-state index is 0.0531. The van der Waals surface area contributed by atoms with Crippen LogP contribution in [-0.4, -0.2) is 36.4 Å². The van der Waals surface area contributed by atoms with E-state index >= 15 is 0 Å². The molecule has 1 saturated heterocycles. The summed E-state index contributed by atoms with van der Waals surface area (Å²) >= 11 is 0. The van der Waals surface area contributed by atoms with Crippen molar-refractivity contribution >= 4 is 23.7 Å². The van der Waals surface area contributed by atoms with Crippen LogP contribution in [0.15, 0.2) is 54.6 Å². The maximum absolute atomic E-state index is 12.6. The Morgan fingerprint density at radius 2 is 1.68 bits per heavy atom. The van der Waals surface area contributed by atoms with E-state index in [1.165, 1.54) is 24.3 Å². The molecule has 3 fully saturated rings. The van der Waals surface area contributed by atoms with E-state index in [0.29, 0.717) is 23.3 Å². The first-order valence-electron chi connectivity index (χ1n) is 10.3. The molecule has 7 heteroatoms. The Balaban J connectivity index is 1.16. The zero-order valence-electron chi connectivity index (χ0n) is 16.6. The lowest BCUT2D eigenvalue weighted by atomic mass is 9.80. The van der Waals surface area contributed by atoms with Crippen LogP contribution >= 0.6 is 0 Å². The summed E-state index contributed by atoms with van der Waals surface area (Å²) in [5.41, 5.74) is 0.758. The number of hydrogen-bond donors (Lipinski definition) is 0. The highest BCUT2D eigenvalue weighted by molar-refractivity contribution is 5.98. The number of rotatable bonds is 6. The maximum atomic E-state index is 12.6. The van der Waals surface area contributed by atoms with Gasteiger partial charge in [-0.1, -0.05) is 18.2 Å². The highest BCUT2D eigenvalue weighted by Crippen LogP contribution is 2.57. The Hall–Kier alpha value is -3.48. The molecule has 2 aromatic rings. The summed E-state index contributed by atoms with van der Waals surface area (Å²) in [4.78, 5) is 49.1. The minimum Gasteiger partial charge on any atom is -0.462 e. The highest BCUT2D eigenvalue weighted by atomic mass is 16.6. The minimum atomic E-state index is -0.510. The van der Waals surface area contributed by atoms with Crippen LogP contribution in [0.2, 0.25) is 0 Å². The van der Waals surface area contributed by atoms with Crippen LogP contribution < -0.4 is 4.74 Å². The first-order valence-corrected chi connectivity index (χ1v) is 10.3. The van der Waals surface area contributed by atoms with Crippen LogP contribution in [0.3, 0.4) is 0 Å².